The number of carbonyl (C=O) groups excluding carboxylic acids is 3. The van der Waals surface area contributed by atoms with E-state index in [0.29, 0.717) is 42.1 Å². The predicted molar refractivity (Wildman–Crippen MR) is 224 cm³/mol. The van der Waals surface area contributed by atoms with Crippen LogP contribution in [0.3, 0.4) is 0 Å². The minimum Gasteiger partial charge on any atom is -0.508 e. The number of benzene rings is 4. The number of phenolic OH excluding ortho intramolecular Hbond substituents is 1. The summed E-state index contributed by atoms with van der Waals surface area (Å²) in [6, 6.07) is 32.8. The van der Waals surface area contributed by atoms with Gasteiger partial charge in [0.05, 0.1) is 13.2 Å². The van der Waals surface area contributed by atoms with Gasteiger partial charge in [-0.25, -0.2) is 0 Å². The minimum absolute atomic E-state index is 0. The van der Waals surface area contributed by atoms with Gasteiger partial charge in [0.2, 0.25) is 11.8 Å². The van der Waals surface area contributed by atoms with Crippen molar-refractivity contribution in [1.82, 2.24) is 15.1 Å². The monoisotopic (exact) mass is 771 g/mol. The van der Waals surface area contributed by atoms with Crippen molar-refractivity contribution in [3.8, 4) is 17.2 Å². The van der Waals surface area contributed by atoms with E-state index in [1.165, 1.54) is 38.8 Å². The highest BCUT2D eigenvalue weighted by molar-refractivity contribution is 6.03. The fourth-order valence-electron chi connectivity index (χ4n) is 8.97. The van der Waals surface area contributed by atoms with Crippen LogP contribution in [0.2, 0.25) is 0 Å². The third kappa shape index (κ3) is 9.59. The summed E-state index contributed by atoms with van der Waals surface area (Å²) < 4.78 is 12.3. The van der Waals surface area contributed by atoms with Gasteiger partial charge >= 0.3 is 0 Å². The lowest BCUT2D eigenvalue weighted by atomic mass is 9.69. The first kappa shape index (κ1) is 41.2. The summed E-state index contributed by atoms with van der Waals surface area (Å²) in [5, 5.41) is 12.5. The largest absolute Gasteiger partial charge is 0.508 e. The standard InChI is InChI=1S/C46H49N3O6.2CH4/c50-36-14-18-41-35(27-36)13-17-40(32-7-2-1-3-8-32)45(41)33-11-15-37(16-12-33)54-26-5-4-23-48-24-21-31(22-25-48)34-9-6-10-38(28-34)55-39-29-44(52)49(30-39)42-19-20-43(51)47-46(42)53;;/h1-3,6-12,14-16,18,27-29,31,40,42,45,50H,4-5,13,17,19-26,30H2,(H,47,51,53);2*1H4/t40-,42?,45+;;/m0../s1. The molecule has 2 fully saturated rings. The number of nitrogens with zero attached hydrogens (tertiary/aromatic N) is 2. The smallest absolute Gasteiger partial charge is 0.251 e. The summed E-state index contributed by atoms with van der Waals surface area (Å²) in [5.41, 5.74) is 6.41. The van der Waals surface area contributed by atoms with Gasteiger partial charge in [0.25, 0.3) is 5.91 Å². The lowest BCUT2D eigenvalue weighted by molar-refractivity contribution is -0.142. The number of phenols is 1. The van der Waals surface area contributed by atoms with Crippen LogP contribution >= 0.6 is 0 Å². The molecule has 9 nitrogen and oxygen atoms in total. The van der Waals surface area contributed by atoms with E-state index in [2.05, 4.69) is 83.0 Å². The molecular formula is C48H57N3O6. The molecule has 2 saturated heterocycles. The van der Waals surface area contributed by atoms with Crippen LogP contribution in [-0.4, -0.2) is 71.5 Å². The molecule has 2 N–H and O–H groups in total. The number of fused-ring (bicyclic) bond motifs is 1. The molecule has 300 valence electrons. The molecule has 0 aromatic heterocycles. The molecule has 1 aliphatic carbocycles. The third-order valence-electron chi connectivity index (χ3n) is 11.8. The Labute approximate surface area is 337 Å². The van der Waals surface area contributed by atoms with Crippen LogP contribution in [0.1, 0.15) is 105 Å². The first-order chi connectivity index (χ1) is 26.9. The SMILES string of the molecule is C.C.O=C1CCC(N2CC(Oc3cccc(C4CCN(CCCCOc5ccc([C@H]6c7ccc(O)cc7CC[C@H]6c6ccccc6)cc5)CC4)c3)=CC2=O)C(=O)N1. The highest BCUT2D eigenvalue weighted by atomic mass is 16.5. The van der Waals surface area contributed by atoms with Gasteiger partial charge in [0.1, 0.15) is 29.0 Å². The van der Waals surface area contributed by atoms with Gasteiger partial charge < -0.3 is 24.4 Å². The molecular weight excluding hydrogens is 715 g/mol. The molecule has 4 aromatic carbocycles. The molecule has 0 bridgehead atoms. The van der Waals surface area contributed by atoms with Crippen LogP contribution < -0.4 is 14.8 Å². The summed E-state index contributed by atoms with van der Waals surface area (Å²) in [5.74, 6) is 2.49. The summed E-state index contributed by atoms with van der Waals surface area (Å²) in [7, 11) is 0. The van der Waals surface area contributed by atoms with Crippen LogP contribution in [0.25, 0.3) is 0 Å². The molecule has 0 saturated carbocycles. The van der Waals surface area contributed by atoms with Gasteiger partial charge in [0, 0.05) is 18.4 Å². The first-order valence-electron chi connectivity index (χ1n) is 19.8. The van der Waals surface area contributed by atoms with Crippen LogP contribution in [0.4, 0.5) is 0 Å². The van der Waals surface area contributed by atoms with E-state index in [0.717, 1.165) is 63.9 Å². The number of ether oxygens (including phenoxy) is 2. The molecule has 0 spiro atoms. The molecule has 4 aromatic rings. The van der Waals surface area contributed by atoms with Crippen molar-refractivity contribution < 1.29 is 29.0 Å². The molecule has 3 heterocycles. The Kier molecular flexibility index (Phi) is 13.5. The van der Waals surface area contributed by atoms with E-state index < -0.39 is 11.9 Å². The molecule has 8 rings (SSSR count). The predicted octanol–water partition coefficient (Wildman–Crippen LogP) is 8.48. The number of amides is 3. The van der Waals surface area contributed by atoms with E-state index in [1.807, 2.05) is 24.3 Å². The van der Waals surface area contributed by atoms with Crippen molar-refractivity contribution in [3.05, 3.63) is 137 Å². The maximum atomic E-state index is 12.7. The minimum atomic E-state index is -0.651. The maximum absolute atomic E-state index is 12.7. The van der Waals surface area contributed by atoms with Crippen LogP contribution in [0.15, 0.2) is 109 Å². The lowest BCUT2D eigenvalue weighted by Crippen LogP contribution is -2.53. The van der Waals surface area contributed by atoms with E-state index in [-0.39, 0.29) is 45.6 Å². The molecule has 57 heavy (non-hydrogen) atoms. The summed E-state index contributed by atoms with van der Waals surface area (Å²) >= 11 is 0. The lowest BCUT2D eigenvalue weighted by Gasteiger charge is -2.35. The second-order valence-electron chi connectivity index (χ2n) is 15.4. The fourth-order valence-corrected chi connectivity index (χ4v) is 8.97. The van der Waals surface area contributed by atoms with Crippen molar-refractivity contribution in [2.75, 3.05) is 32.8 Å². The van der Waals surface area contributed by atoms with E-state index in [9.17, 15) is 19.5 Å². The van der Waals surface area contributed by atoms with Crippen molar-refractivity contribution in [3.63, 3.8) is 0 Å². The summed E-state index contributed by atoms with van der Waals surface area (Å²) in [6.45, 7) is 4.05. The Balaban J connectivity index is 0.00000275. The number of nitrogens with one attached hydrogen (secondary N) is 1. The van der Waals surface area contributed by atoms with Gasteiger partial charge in [-0.3, -0.25) is 19.7 Å². The Hall–Kier alpha value is -5.41. The zero-order chi connectivity index (χ0) is 37.7. The number of likely N-dealkylation sites (tertiary alicyclic amines) is 1. The van der Waals surface area contributed by atoms with Crippen molar-refractivity contribution in [2.45, 2.75) is 90.0 Å². The average Bonchev–Trinajstić information content (AvgIpc) is 3.56. The van der Waals surface area contributed by atoms with Gasteiger partial charge in [-0.2, -0.15) is 0 Å². The Morgan fingerprint density at radius 2 is 1.51 bits per heavy atom. The first-order valence-corrected chi connectivity index (χ1v) is 19.8. The normalized spacial score (nSPS) is 21.1. The molecule has 9 heteroatoms. The number of aryl methyl sites for hydroxylation is 1. The highest BCUT2D eigenvalue weighted by Gasteiger charge is 2.37. The quantitative estimate of drug-likeness (QED) is 0.110. The number of piperidine rings is 2. The Morgan fingerprint density at radius 1 is 0.737 bits per heavy atom. The molecule has 3 atom stereocenters. The number of carbonyl (C=O) groups is 3. The second-order valence-corrected chi connectivity index (χ2v) is 15.4. The summed E-state index contributed by atoms with van der Waals surface area (Å²) in [6.07, 6.45) is 8.24. The molecule has 1 unspecified atom stereocenters. The number of rotatable bonds is 12. The molecule has 3 aliphatic heterocycles. The van der Waals surface area contributed by atoms with Crippen molar-refractivity contribution >= 4 is 17.7 Å². The topological polar surface area (TPSA) is 108 Å². The molecule has 0 radical (unpaired) electrons. The number of hydrogen-bond donors (Lipinski definition) is 2. The van der Waals surface area contributed by atoms with Gasteiger partial charge in [-0.15, -0.1) is 0 Å². The van der Waals surface area contributed by atoms with Gasteiger partial charge in [-0.1, -0.05) is 75.5 Å². The number of hydrogen-bond acceptors (Lipinski definition) is 7. The van der Waals surface area contributed by atoms with Gasteiger partial charge in [0.15, 0.2) is 0 Å². The fraction of sp³-hybridized carbons (Fsp3) is 0.396. The second kappa shape index (κ2) is 18.7. The molecule has 4 aliphatic rings. The van der Waals surface area contributed by atoms with Crippen LogP contribution in [0, 0.1) is 0 Å². The zero-order valence-corrected chi connectivity index (χ0v) is 31.2. The number of unbranched alkanes of at least 4 members (excludes halogenated alkanes) is 1. The number of aromatic hydroxyl groups is 1. The van der Waals surface area contributed by atoms with Gasteiger partial charge in [-0.05, 0) is 141 Å². The highest BCUT2D eigenvalue weighted by Crippen LogP contribution is 2.47. The van der Waals surface area contributed by atoms with Crippen LogP contribution in [-0.2, 0) is 20.8 Å². The van der Waals surface area contributed by atoms with E-state index in [4.69, 9.17) is 9.47 Å². The molecule has 3 amide bonds. The number of imide groups is 1. The third-order valence-corrected chi connectivity index (χ3v) is 11.8. The van der Waals surface area contributed by atoms with Crippen molar-refractivity contribution in [2.24, 2.45) is 0 Å². The van der Waals surface area contributed by atoms with Crippen molar-refractivity contribution in [1.29, 1.82) is 0 Å². The Morgan fingerprint density at radius 3 is 2.28 bits per heavy atom. The Bertz CT molecular complexity index is 2040. The van der Waals surface area contributed by atoms with E-state index in [1.54, 1.807) is 0 Å². The van der Waals surface area contributed by atoms with E-state index >= 15 is 0 Å². The van der Waals surface area contributed by atoms with Crippen LogP contribution in [0.5, 0.6) is 17.2 Å². The zero-order valence-electron chi connectivity index (χ0n) is 31.2. The average molecular weight is 772 g/mol. The maximum Gasteiger partial charge on any atom is 0.251 e. The summed E-state index contributed by atoms with van der Waals surface area (Å²) in [4.78, 5) is 40.5.